The largest absolute Gasteiger partial charge is 0.347 e. The van der Waals surface area contributed by atoms with Gasteiger partial charge in [-0.25, -0.2) is 22.7 Å². The molecule has 0 bridgehead atoms. The van der Waals surface area contributed by atoms with E-state index in [2.05, 4.69) is 10.2 Å². The van der Waals surface area contributed by atoms with Crippen LogP contribution in [0, 0.1) is 0 Å². The monoisotopic (exact) mass is 339 g/mol. The van der Waals surface area contributed by atoms with Crippen LogP contribution in [0.15, 0.2) is 23.1 Å². The summed E-state index contributed by atoms with van der Waals surface area (Å²) in [6, 6.07) is 3.19. The number of nitrogens with one attached hydrogen (secondary N) is 1. The van der Waals surface area contributed by atoms with Crippen LogP contribution in [0.3, 0.4) is 0 Å². The van der Waals surface area contributed by atoms with Gasteiger partial charge in [0.2, 0.25) is 10.0 Å². The molecule has 3 heterocycles. The number of sulfonamides is 1. The van der Waals surface area contributed by atoms with Gasteiger partial charge in [0.15, 0.2) is 5.65 Å². The van der Waals surface area contributed by atoms with Gasteiger partial charge >= 0.3 is 5.69 Å². The number of piperazine rings is 1. The highest BCUT2D eigenvalue weighted by Gasteiger charge is 2.28. The molecule has 1 amide bonds. The number of nitrogens with zero attached hydrogens (tertiary/aromatic N) is 4. The molecule has 124 valence electrons. The van der Waals surface area contributed by atoms with E-state index in [1.54, 1.807) is 24.0 Å². The molecule has 2 aromatic rings. The number of carbonyl (C=O) groups excluding carboxylic acids is 1. The number of aromatic amines is 1. The standard InChI is InChI=1S/C13H17N5O4S/c1-2-23(21,22)17-7-5-16(6-8-17)12(19)10-3-4-11-14-15-13(20)18(11)9-10/h3-4,9H,2,5-8H2,1H3,(H,15,20). The normalized spacial score (nSPS) is 16.8. The van der Waals surface area contributed by atoms with Crippen molar-refractivity contribution < 1.29 is 13.2 Å². The Labute approximate surface area is 132 Å². The molecule has 1 aliphatic heterocycles. The molecule has 0 spiro atoms. The molecule has 0 aromatic carbocycles. The summed E-state index contributed by atoms with van der Waals surface area (Å²) in [6.45, 7) is 2.84. The van der Waals surface area contributed by atoms with E-state index >= 15 is 0 Å². The highest BCUT2D eigenvalue weighted by Crippen LogP contribution is 2.12. The Morgan fingerprint density at radius 2 is 1.96 bits per heavy atom. The van der Waals surface area contributed by atoms with E-state index in [0.717, 1.165) is 0 Å². The molecule has 0 aliphatic carbocycles. The van der Waals surface area contributed by atoms with Gasteiger partial charge in [-0.3, -0.25) is 4.79 Å². The summed E-state index contributed by atoms with van der Waals surface area (Å²) in [7, 11) is -3.22. The Morgan fingerprint density at radius 1 is 1.26 bits per heavy atom. The molecule has 0 unspecified atom stereocenters. The quantitative estimate of drug-likeness (QED) is 0.782. The summed E-state index contributed by atoms with van der Waals surface area (Å²) >= 11 is 0. The number of H-pyrrole nitrogens is 1. The van der Waals surface area contributed by atoms with Gasteiger partial charge in [0.25, 0.3) is 5.91 Å². The van der Waals surface area contributed by atoms with Crippen LogP contribution < -0.4 is 5.69 Å². The number of hydrogen-bond donors (Lipinski definition) is 1. The number of fused-ring (bicyclic) bond motifs is 1. The van der Waals surface area contributed by atoms with Crippen molar-refractivity contribution in [1.29, 1.82) is 0 Å². The molecule has 1 aliphatic rings. The average molecular weight is 339 g/mol. The van der Waals surface area contributed by atoms with Crippen LogP contribution >= 0.6 is 0 Å². The van der Waals surface area contributed by atoms with Crippen molar-refractivity contribution in [2.75, 3.05) is 31.9 Å². The number of rotatable bonds is 3. The third kappa shape index (κ3) is 2.86. The molecule has 0 atom stereocenters. The first-order valence-electron chi connectivity index (χ1n) is 7.26. The number of amides is 1. The van der Waals surface area contributed by atoms with E-state index in [-0.39, 0.29) is 24.7 Å². The van der Waals surface area contributed by atoms with E-state index in [1.807, 2.05) is 0 Å². The zero-order valence-electron chi connectivity index (χ0n) is 12.6. The lowest BCUT2D eigenvalue weighted by Gasteiger charge is -2.33. The lowest BCUT2D eigenvalue weighted by molar-refractivity contribution is 0.0697. The second-order valence-electron chi connectivity index (χ2n) is 5.27. The van der Waals surface area contributed by atoms with Crippen LogP contribution in [0.25, 0.3) is 5.65 Å². The maximum atomic E-state index is 12.5. The summed E-state index contributed by atoms with van der Waals surface area (Å²) in [4.78, 5) is 25.7. The zero-order valence-corrected chi connectivity index (χ0v) is 13.4. The predicted molar refractivity (Wildman–Crippen MR) is 82.8 cm³/mol. The molecule has 0 radical (unpaired) electrons. The third-order valence-electron chi connectivity index (χ3n) is 3.94. The summed E-state index contributed by atoms with van der Waals surface area (Å²) in [6.07, 6.45) is 1.44. The van der Waals surface area contributed by atoms with Gasteiger partial charge in [-0.15, -0.1) is 0 Å². The van der Waals surface area contributed by atoms with Gasteiger partial charge in [-0.1, -0.05) is 0 Å². The van der Waals surface area contributed by atoms with Gasteiger partial charge in [-0.05, 0) is 19.1 Å². The minimum Gasteiger partial charge on any atom is -0.336 e. The molecule has 2 aromatic heterocycles. The Hall–Kier alpha value is -2.20. The zero-order chi connectivity index (χ0) is 16.6. The first-order chi connectivity index (χ1) is 10.9. The smallest absolute Gasteiger partial charge is 0.336 e. The number of pyridine rings is 1. The van der Waals surface area contributed by atoms with Crippen molar-refractivity contribution in [2.24, 2.45) is 0 Å². The third-order valence-corrected chi connectivity index (χ3v) is 5.82. The lowest BCUT2D eigenvalue weighted by Crippen LogP contribution is -2.50. The van der Waals surface area contributed by atoms with Crippen LogP contribution in [-0.2, 0) is 10.0 Å². The van der Waals surface area contributed by atoms with Crippen LogP contribution in [0.2, 0.25) is 0 Å². The van der Waals surface area contributed by atoms with Gasteiger partial charge in [-0.2, -0.15) is 9.40 Å². The lowest BCUT2D eigenvalue weighted by atomic mass is 10.2. The Morgan fingerprint density at radius 3 is 2.61 bits per heavy atom. The number of aromatic nitrogens is 3. The molecule has 3 rings (SSSR count). The summed E-state index contributed by atoms with van der Waals surface area (Å²) in [5.74, 6) is -0.172. The second-order valence-corrected chi connectivity index (χ2v) is 7.52. The first kappa shape index (κ1) is 15.7. The predicted octanol–water partition coefficient (Wildman–Crippen LogP) is -0.870. The van der Waals surface area contributed by atoms with Crippen LogP contribution in [0.4, 0.5) is 0 Å². The maximum absolute atomic E-state index is 12.5. The topological polar surface area (TPSA) is 108 Å². The van der Waals surface area contributed by atoms with Crippen molar-refractivity contribution in [2.45, 2.75) is 6.92 Å². The molecule has 10 heteroatoms. The molecule has 23 heavy (non-hydrogen) atoms. The van der Waals surface area contributed by atoms with E-state index in [9.17, 15) is 18.0 Å². The number of carbonyl (C=O) groups is 1. The second kappa shape index (κ2) is 5.78. The van der Waals surface area contributed by atoms with E-state index in [1.165, 1.54) is 14.9 Å². The van der Waals surface area contributed by atoms with E-state index in [4.69, 9.17) is 0 Å². The SMILES string of the molecule is CCS(=O)(=O)N1CCN(C(=O)c2ccc3n[nH]c(=O)n3c2)CC1. The van der Waals surface area contributed by atoms with Crippen molar-refractivity contribution in [3.8, 4) is 0 Å². The van der Waals surface area contributed by atoms with E-state index < -0.39 is 15.7 Å². The molecular formula is C13H17N5O4S. The summed E-state index contributed by atoms with van der Waals surface area (Å²) in [5, 5.41) is 6.12. The highest BCUT2D eigenvalue weighted by molar-refractivity contribution is 7.89. The fraction of sp³-hybridized carbons (Fsp3) is 0.462. The fourth-order valence-corrected chi connectivity index (χ4v) is 3.65. The van der Waals surface area contributed by atoms with E-state index in [0.29, 0.717) is 24.3 Å². The van der Waals surface area contributed by atoms with Crippen LogP contribution in [0.5, 0.6) is 0 Å². The first-order valence-corrected chi connectivity index (χ1v) is 8.87. The summed E-state index contributed by atoms with van der Waals surface area (Å²) in [5.41, 5.74) is 0.395. The van der Waals surface area contributed by atoms with Crippen molar-refractivity contribution >= 4 is 21.6 Å². The average Bonchev–Trinajstić information content (AvgIpc) is 2.95. The van der Waals surface area contributed by atoms with Crippen molar-refractivity contribution in [3.63, 3.8) is 0 Å². The minimum absolute atomic E-state index is 0.0566. The molecule has 0 saturated carbocycles. The molecule has 9 nitrogen and oxygen atoms in total. The fourth-order valence-electron chi connectivity index (χ4n) is 2.57. The highest BCUT2D eigenvalue weighted by atomic mass is 32.2. The Kier molecular flexibility index (Phi) is 3.94. The Bertz CT molecular complexity index is 892. The molecular weight excluding hydrogens is 322 g/mol. The Balaban J connectivity index is 1.76. The van der Waals surface area contributed by atoms with Gasteiger partial charge in [0, 0.05) is 32.4 Å². The van der Waals surface area contributed by atoms with Gasteiger partial charge < -0.3 is 4.90 Å². The van der Waals surface area contributed by atoms with Crippen molar-refractivity contribution in [3.05, 3.63) is 34.4 Å². The number of hydrogen-bond acceptors (Lipinski definition) is 5. The molecule has 1 fully saturated rings. The minimum atomic E-state index is -3.22. The van der Waals surface area contributed by atoms with Gasteiger partial charge in [0.05, 0.1) is 11.3 Å². The van der Waals surface area contributed by atoms with Crippen LogP contribution in [0.1, 0.15) is 17.3 Å². The maximum Gasteiger partial charge on any atom is 0.347 e. The van der Waals surface area contributed by atoms with Crippen molar-refractivity contribution in [1.82, 2.24) is 23.8 Å². The van der Waals surface area contributed by atoms with Gasteiger partial charge in [0.1, 0.15) is 0 Å². The molecule has 1 N–H and O–H groups in total. The van der Waals surface area contributed by atoms with Crippen LogP contribution in [-0.4, -0.2) is 70.1 Å². The summed E-state index contributed by atoms with van der Waals surface area (Å²) < 4.78 is 26.3. The molecule has 1 saturated heterocycles.